The average molecular weight is 203 g/mol. The van der Waals surface area contributed by atoms with E-state index in [0.29, 0.717) is 5.56 Å². The molecular weight excluding hydrogens is 192 g/mol. The number of hydrogen-bond donors (Lipinski definition) is 1. The molecule has 0 heterocycles. The summed E-state index contributed by atoms with van der Waals surface area (Å²) >= 11 is 0. The molecule has 5 heteroatoms. The molecule has 0 saturated heterocycles. The third-order valence-corrected chi connectivity index (χ3v) is 1.65. The van der Waals surface area contributed by atoms with Gasteiger partial charge in [0.05, 0.1) is 4.92 Å². The molecule has 0 radical (unpaired) electrons. The third kappa shape index (κ3) is 2.68. The zero-order chi connectivity index (χ0) is 9.14. The smallest absolute Gasteiger partial charge is 0.273 e. The van der Waals surface area contributed by atoms with Crippen LogP contribution < -0.4 is 5.73 Å². The Kier molecular flexibility index (Phi) is 4.37. The van der Waals surface area contributed by atoms with Gasteiger partial charge in [-0.2, -0.15) is 0 Å². The minimum atomic E-state index is -0.415. The van der Waals surface area contributed by atoms with Gasteiger partial charge in [0.2, 0.25) is 0 Å². The van der Waals surface area contributed by atoms with Gasteiger partial charge in [-0.3, -0.25) is 10.1 Å². The fraction of sp³-hybridized carbons (Fsp3) is 0.250. The van der Waals surface area contributed by atoms with Crippen LogP contribution in [0.4, 0.5) is 5.69 Å². The van der Waals surface area contributed by atoms with Gasteiger partial charge in [-0.15, -0.1) is 12.4 Å². The molecule has 0 aliphatic heterocycles. The zero-order valence-electron chi connectivity index (χ0n) is 7.19. The number of nitrogens with zero attached hydrogens (tertiary/aromatic N) is 1. The number of hydrogen-bond acceptors (Lipinski definition) is 3. The Bertz CT molecular complexity index is 315. The Morgan fingerprint density at radius 1 is 1.54 bits per heavy atom. The highest BCUT2D eigenvalue weighted by atomic mass is 35.5. The van der Waals surface area contributed by atoms with Crippen molar-refractivity contribution in [1.82, 2.24) is 0 Å². The second kappa shape index (κ2) is 4.79. The molecule has 1 aromatic rings. The fourth-order valence-electron chi connectivity index (χ4n) is 1.06. The van der Waals surface area contributed by atoms with Crippen molar-refractivity contribution in [3.63, 3.8) is 0 Å². The Hall–Kier alpha value is -1.13. The molecule has 0 bridgehead atoms. The second-order valence-electron chi connectivity index (χ2n) is 2.59. The summed E-state index contributed by atoms with van der Waals surface area (Å²) < 4.78 is 0. The maximum atomic E-state index is 10.4. The van der Waals surface area contributed by atoms with Crippen LogP contribution in [0, 0.1) is 17.0 Å². The summed E-state index contributed by atoms with van der Waals surface area (Å²) in [4.78, 5) is 10.0. The monoisotopic (exact) mass is 202 g/mol. The quantitative estimate of drug-likeness (QED) is 0.587. The fourth-order valence-corrected chi connectivity index (χ4v) is 1.06. The van der Waals surface area contributed by atoms with E-state index in [1.165, 1.54) is 6.07 Å². The van der Waals surface area contributed by atoms with Gasteiger partial charge in [0.25, 0.3) is 5.69 Å². The SMILES string of the molecule is Cc1ccc([N+](=O)[O-])c(CN)c1.Cl. The molecule has 0 aliphatic rings. The Balaban J connectivity index is 0.00000144. The number of nitro groups is 1. The van der Waals surface area contributed by atoms with E-state index in [4.69, 9.17) is 5.73 Å². The number of halogens is 1. The number of rotatable bonds is 2. The highest BCUT2D eigenvalue weighted by molar-refractivity contribution is 5.85. The summed E-state index contributed by atoms with van der Waals surface area (Å²) in [5, 5.41) is 10.4. The van der Waals surface area contributed by atoms with Crippen LogP contribution in [-0.2, 0) is 6.54 Å². The van der Waals surface area contributed by atoms with Crippen LogP contribution in [-0.4, -0.2) is 4.92 Å². The van der Waals surface area contributed by atoms with Crippen molar-refractivity contribution in [2.45, 2.75) is 13.5 Å². The number of nitro benzene ring substituents is 1. The van der Waals surface area contributed by atoms with Gasteiger partial charge in [0, 0.05) is 18.2 Å². The Morgan fingerprint density at radius 2 is 2.15 bits per heavy atom. The van der Waals surface area contributed by atoms with Crippen LogP contribution in [0.1, 0.15) is 11.1 Å². The van der Waals surface area contributed by atoms with Gasteiger partial charge >= 0.3 is 0 Å². The van der Waals surface area contributed by atoms with Gasteiger partial charge in [-0.1, -0.05) is 11.6 Å². The summed E-state index contributed by atoms with van der Waals surface area (Å²) in [5.41, 5.74) is 7.02. The minimum Gasteiger partial charge on any atom is -0.326 e. The molecule has 0 unspecified atom stereocenters. The van der Waals surface area contributed by atoms with E-state index in [-0.39, 0.29) is 24.6 Å². The average Bonchev–Trinajstić information content (AvgIpc) is 2.03. The molecule has 0 saturated carbocycles. The second-order valence-corrected chi connectivity index (χ2v) is 2.59. The lowest BCUT2D eigenvalue weighted by molar-refractivity contribution is -0.385. The van der Waals surface area contributed by atoms with Crippen LogP contribution in [0.25, 0.3) is 0 Å². The standard InChI is InChI=1S/C8H10N2O2.ClH/c1-6-2-3-8(10(11)12)7(4-6)5-9;/h2-4H,5,9H2,1H3;1H. The number of aryl methyl sites for hydroxylation is 1. The lowest BCUT2D eigenvalue weighted by Crippen LogP contribution is -2.01. The lowest BCUT2D eigenvalue weighted by Gasteiger charge is -1.99. The molecule has 2 N–H and O–H groups in total. The molecule has 13 heavy (non-hydrogen) atoms. The van der Waals surface area contributed by atoms with Crippen LogP contribution in [0.5, 0.6) is 0 Å². The van der Waals surface area contributed by atoms with Crippen molar-refractivity contribution in [2.75, 3.05) is 0 Å². The molecular formula is C8H11ClN2O2. The molecule has 0 fully saturated rings. The van der Waals surface area contributed by atoms with E-state index >= 15 is 0 Å². The topological polar surface area (TPSA) is 69.2 Å². The highest BCUT2D eigenvalue weighted by Gasteiger charge is 2.10. The predicted octanol–water partition coefficient (Wildman–Crippen LogP) is 1.78. The van der Waals surface area contributed by atoms with Crippen molar-refractivity contribution in [3.8, 4) is 0 Å². The van der Waals surface area contributed by atoms with Gasteiger partial charge in [-0.05, 0) is 13.0 Å². The predicted molar refractivity (Wildman–Crippen MR) is 53.0 cm³/mol. The van der Waals surface area contributed by atoms with Crippen molar-refractivity contribution in [3.05, 3.63) is 39.4 Å². The molecule has 0 amide bonds. The first-order chi connectivity index (χ1) is 5.65. The largest absolute Gasteiger partial charge is 0.326 e. The third-order valence-electron chi connectivity index (χ3n) is 1.65. The summed E-state index contributed by atoms with van der Waals surface area (Å²) in [5.74, 6) is 0. The van der Waals surface area contributed by atoms with E-state index < -0.39 is 4.92 Å². The molecule has 0 atom stereocenters. The van der Waals surface area contributed by atoms with Crippen molar-refractivity contribution in [1.29, 1.82) is 0 Å². The maximum Gasteiger partial charge on any atom is 0.273 e. The summed E-state index contributed by atoms with van der Waals surface area (Å²) in [7, 11) is 0. The minimum absolute atomic E-state index is 0. The molecule has 1 aromatic carbocycles. The van der Waals surface area contributed by atoms with Crippen LogP contribution in [0.3, 0.4) is 0 Å². The van der Waals surface area contributed by atoms with Gasteiger partial charge < -0.3 is 5.73 Å². The zero-order valence-corrected chi connectivity index (χ0v) is 8.00. The normalized spacial score (nSPS) is 9.08. The first-order valence-corrected chi connectivity index (χ1v) is 3.59. The van der Waals surface area contributed by atoms with Crippen LogP contribution in [0.15, 0.2) is 18.2 Å². The van der Waals surface area contributed by atoms with Crippen molar-refractivity contribution >= 4 is 18.1 Å². The molecule has 0 aliphatic carbocycles. The van der Waals surface area contributed by atoms with Crippen LogP contribution >= 0.6 is 12.4 Å². The maximum absolute atomic E-state index is 10.4. The summed E-state index contributed by atoms with van der Waals surface area (Å²) in [6.45, 7) is 2.08. The first kappa shape index (κ1) is 11.9. The molecule has 0 spiro atoms. The molecule has 1 rings (SSSR count). The van der Waals surface area contributed by atoms with Gasteiger partial charge in [-0.25, -0.2) is 0 Å². The summed E-state index contributed by atoms with van der Waals surface area (Å²) in [6.07, 6.45) is 0. The molecule has 72 valence electrons. The molecule has 4 nitrogen and oxygen atoms in total. The van der Waals surface area contributed by atoms with Crippen molar-refractivity contribution in [2.24, 2.45) is 5.73 Å². The highest BCUT2D eigenvalue weighted by Crippen LogP contribution is 2.18. The summed E-state index contributed by atoms with van der Waals surface area (Å²) in [6, 6.07) is 4.92. The van der Waals surface area contributed by atoms with Gasteiger partial charge in [0.1, 0.15) is 0 Å². The van der Waals surface area contributed by atoms with E-state index in [0.717, 1.165) is 5.56 Å². The number of benzene rings is 1. The van der Waals surface area contributed by atoms with E-state index in [1.807, 2.05) is 6.92 Å². The van der Waals surface area contributed by atoms with Gasteiger partial charge in [0.15, 0.2) is 0 Å². The van der Waals surface area contributed by atoms with E-state index in [9.17, 15) is 10.1 Å². The first-order valence-electron chi connectivity index (χ1n) is 3.59. The van der Waals surface area contributed by atoms with E-state index in [1.54, 1.807) is 12.1 Å². The van der Waals surface area contributed by atoms with Crippen molar-refractivity contribution < 1.29 is 4.92 Å². The Morgan fingerprint density at radius 3 is 2.62 bits per heavy atom. The Labute approximate surface area is 82.3 Å². The lowest BCUT2D eigenvalue weighted by atomic mass is 10.1. The number of nitrogens with two attached hydrogens (primary N) is 1. The van der Waals surface area contributed by atoms with E-state index in [2.05, 4.69) is 0 Å². The van der Waals surface area contributed by atoms with Crippen LogP contribution in [0.2, 0.25) is 0 Å². The molecule has 0 aromatic heterocycles.